The molecule has 0 saturated carbocycles. The van der Waals surface area contributed by atoms with Crippen LogP contribution in [0.4, 0.5) is 0 Å². The molecule has 5 rings (SSSR count). The van der Waals surface area contributed by atoms with Gasteiger partial charge in [0.1, 0.15) is 0 Å². The summed E-state index contributed by atoms with van der Waals surface area (Å²) in [5.74, 6) is 0. The Morgan fingerprint density at radius 1 is 0.676 bits per heavy atom. The van der Waals surface area contributed by atoms with E-state index < -0.39 is 24.7 Å². The Bertz CT molecular complexity index is 1120. The van der Waals surface area contributed by atoms with Crippen LogP contribution >= 0.6 is 0 Å². The van der Waals surface area contributed by atoms with Crippen LogP contribution < -0.4 is 0 Å². The van der Waals surface area contributed by atoms with E-state index in [4.69, 9.17) is 0 Å². The first kappa shape index (κ1) is 26.7. The normalized spacial score (nSPS) is 18.0. The molecule has 1 atom stereocenters. The van der Waals surface area contributed by atoms with Crippen LogP contribution in [0.5, 0.6) is 0 Å². The number of benzene rings is 3. The maximum atomic E-state index is 2.75. The van der Waals surface area contributed by atoms with E-state index in [1.807, 2.05) is 11.1 Å². The first-order valence-corrected chi connectivity index (χ1v) is 22.1. The van der Waals surface area contributed by atoms with Crippen LogP contribution in [0.25, 0.3) is 0 Å². The standard InChI is InChI=1S/C14H23Si.3C7H7.Ti/c1-4-15(2,3)11-12-9-13-7-5-6-8-14(13)10-12;3*1-7-5-3-2-4-6-7;/h9-10H,4-8,11H2,1-3H3;3*2-6H,1H2;. The van der Waals surface area contributed by atoms with Crippen molar-refractivity contribution < 1.29 is 16.6 Å². The SMILES string of the molecule is CC[Si](C)(C)CC1=CC2=C(CCCC2)[CH]1[Ti]([CH2]c1ccccc1)([CH2]c1ccccc1)[CH2]c1ccccc1. The first-order valence-electron chi connectivity index (χ1n) is 14.5. The monoisotopic (exact) mass is 540 g/mol. The summed E-state index contributed by atoms with van der Waals surface area (Å²) >= 11 is -2.70. The van der Waals surface area contributed by atoms with Crippen LogP contribution in [0.15, 0.2) is 114 Å². The van der Waals surface area contributed by atoms with Crippen LogP contribution in [-0.4, -0.2) is 8.07 Å². The van der Waals surface area contributed by atoms with Crippen molar-refractivity contribution in [1.29, 1.82) is 0 Å². The fourth-order valence-electron chi connectivity index (χ4n) is 7.07. The van der Waals surface area contributed by atoms with Gasteiger partial charge in [0, 0.05) is 0 Å². The summed E-state index contributed by atoms with van der Waals surface area (Å²) in [7, 11) is -1.27. The molecule has 0 saturated heterocycles. The number of rotatable bonds is 10. The van der Waals surface area contributed by atoms with Gasteiger partial charge < -0.3 is 0 Å². The molecule has 1 unspecified atom stereocenters. The molecule has 0 heterocycles. The summed E-state index contributed by atoms with van der Waals surface area (Å²) < 4.78 is 4.64. The van der Waals surface area contributed by atoms with Gasteiger partial charge in [0.15, 0.2) is 0 Å². The Hall–Kier alpha value is -1.93. The van der Waals surface area contributed by atoms with Gasteiger partial charge in [-0.2, -0.15) is 0 Å². The van der Waals surface area contributed by atoms with E-state index in [1.165, 1.54) is 51.9 Å². The predicted molar refractivity (Wildman–Crippen MR) is 161 cm³/mol. The van der Waals surface area contributed by atoms with E-state index in [0.29, 0.717) is 0 Å². The van der Waals surface area contributed by atoms with Crippen LogP contribution in [0.1, 0.15) is 49.3 Å². The molecular formula is C35H44SiTi. The molecule has 3 aromatic carbocycles. The van der Waals surface area contributed by atoms with Crippen molar-refractivity contribution in [3.8, 4) is 0 Å². The molecule has 2 aliphatic carbocycles. The zero-order valence-corrected chi connectivity index (χ0v) is 25.7. The predicted octanol–water partition coefficient (Wildman–Crippen LogP) is 10.1. The molecular weight excluding hydrogens is 496 g/mol. The van der Waals surface area contributed by atoms with Gasteiger partial charge in [-0.25, -0.2) is 0 Å². The topological polar surface area (TPSA) is 0 Å². The zero-order chi connectivity index (χ0) is 25.7. The second-order valence-corrected chi connectivity index (χ2v) is 24.7. The quantitative estimate of drug-likeness (QED) is 0.224. The number of allylic oxidation sites excluding steroid dienone is 4. The summed E-state index contributed by atoms with van der Waals surface area (Å²) in [5, 5.41) is 0. The van der Waals surface area contributed by atoms with Crippen LogP contribution in [0, 0.1) is 0 Å². The minimum absolute atomic E-state index is 0.731. The van der Waals surface area contributed by atoms with Gasteiger partial charge in [-0.05, 0) is 0 Å². The number of hydrogen-bond donors (Lipinski definition) is 0. The Balaban J connectivity index is 1.68. The molecule has 192 valence electrons. The maximum absolute atomic E-state index is 2.75. The van der Waals surface area contributed by atoms with Crippen molar-refractivity contribution in [2.75, 3.05) is 0 Å². The average molecular weight is 541 g/mol. The van der Waals surface area contributed by atoms with Gasteiger partial charge in [-0.3, -0.25) is 0 Å². The summed E-state index contributed by atoms with van der Waals surface area (Å²) in [5.41, 5.74) is 10.2. The molecule has 0 bridgehead atoms. The third kappa shape index (κ3) is 6.39. The molecule has 3 aromatic rings. The van der Waals surface area contributed by atoms with Gasteiger partial charge in [0.25, 0.3) is 0 Å². The van der Waals surface area contributed by atoms with Crippen molar-refractivity contribution in [2.24, 2.45) is 0 Å². The van der Waals surface area contributed by atoms with E-state index in [9.17, 15) is 0 Å². The number of hydrogen-bond acceptors (Lipinski definition) is 0. The van der Waals surface area contributed by atoms with Crippen molar-refractivity contribution in [3.63, 3.8) is 0 Å². The molecule has 2 aliphatic rings. The zero-order valence-electron chi connectivity index (χ0n) is 23.2. The van der Waals surface area contributed by atoms with Crippen LogP contribution in [0.2, 0.25) is 29.4 Å². The van der Waals surface area contributed by atoms with E-state index in [-0.39, 0.29) is 0 Å². The van der Waals surface area contributed by atoms with Crippen molar-refractivity contribution >= 4 is 8.07 Å². The van der Waals surface area contributed by atoms with E-state index in [1.54, 1.807) is 22.3 Å². The molecule has 0 fully saturated rings. The Labute approximate surface area is 230 Å². The third-order valence-electron chi connectivity index (χ3n) is 9.08. The molecule has 0 nitrogen and oxygen atoms in total. The van der Waals surface area contributed by atoms with Gasteiger partial charge in [0.2, 0.25) is 0 Å². The Morgan fingerprint density at radius 2 is 1.14 bits per heavy atom. The minimum atomic E-state index is -2.70. The summed E-state index contributed by atoms with van der Waals surface area (Å²) in [4.78, 5) is 0. The molecule has 0 aromatic heterocycles. The summed E-state index contributed by atoms with van der Waals surface area (Å²) in [6, 6.07) is 37.3. The molecule has 0 aliphatic heterocycles. The average Bonchev–Trinajstić information content (AvgIpc) is 3.28. The van der Waals surface area contributed by atoms with Gasteiger partial charge >= 0.3 is 231 Å². The Kier molecular flexibility index (Phi) is 8.54. The van der Waals surface area contributed by atoms with Crippen LogP contribution in [-0.2, 0) is 30.8 Å². The first-order chi connectivity index (χ1) is 18.0. The van der Waals surface area contributed by atoms with E-state index in [2.05, 4.69) is 117 Å². The van der Waals surface area contributed by atoms with Gasteiger partial charge in [0.05, 0.1) is 0 Å². The molecule has 37 heavy (non-hydrogen) atoms. The molecule has 0 radical (unpaired) electrons. The second-order valence-electron chi connectivity index (χ2n) is 12.5. The van der Waals surface area contributed by atoms with Gasteiger partial charge in [-0.1, -0.05) is 0 Å². The fourth-order valence-corrected chi connectivity index (χ4v) is 18.7. The van der Waals surface area contributed by atoms with E-state index >= 15 is 0 Å². The Morgan fingerprint density at radius 3 is 1.59 bits per heavy atom. The molecule has 2 heteroatoms. The fraction of sp³-hybridized carbons (Fsp3) is 0.371. The van der Waals surface area contributed by atoms with Crippen molar-refractivity contribution in [3.05, 3.63) is 130 Å². The van der Waals surface area contributed by atoms with Crippen molar-refractivity contribution in [2.45, 2.75) is 76.2 Å². The second kappa shape index (κ2) is 11.9. The van der Waals surface area contributed by atoms with Crippen LogP contribution in [0.3, 0.4) is 0 Å². The molecule has 0 spiro atoms. The third-order valence-corrected chi connectivity index (χ3v) is 20.6. The summed E-state index contributed by atoms with van der Waals surface area (Å²) in [6.45, 7) is 7.70. The molecule has 0 N–H and O–H groups in total. The molecule has 0 amide bonds. The van der Waals surface area contributed by atoms with Crippen molar-refractivity contribution in [1.82, 2.24) is 0 Å². The summed E-state index contributed by atoms with van der Waals surface area (Å²) in [6.07, 6.45) is 8.15. The van der Waals surface area contributed by atoms with Gasteiger partial charge in [-0.15, -0.1) is 0 Å². The van der Waals surface area contributed by atoms with E-state index in [0.717, 1.165) is 4.22 Å².